The number of sulfonamides is 1. The van der Waals surface area contributed by atoms with E-state index >= 15 is 0 Å². The van der Waals surface area contributed by atoms with Crippen molar-refractivity contribution in [2.45, 2.75) is 59.1 Å². The number of amides is 2. The average molecular weight is 336 g/mol. The zero-order valence-corrected chi connectivity index (χ0v) is 15.3. The molecule has 8 heteroatoms. The van der Waals surface area contributed by atoms with E-state index in [2.05, 4.69) is 5.32 Å². The number of carbonyl (C=O) groups is 2. The van der Waals surface area contributed by atoms with Crippen molar-refractivity contribution in [3.63, 3.8) is 0 Å². The number of rotatable bonds is 6. The highest BCUT2D eigenvalue weighted by atomic mass is 32.2. The first-order valence-electron chi connectivity index (χ1n) is 7.21. The summed E-state index contributed by atoms with van der Waals surface area (Å²) < 4.78 is 28.5. The summed E-state index contributed by atoms with van der Waals surface area (Å²) in [5.41, 5.74) is -0.564. The molecule has 0 heterocycles. The molecule has 2 amide bonds. The molecule has 0 saturated heterocycles. The number of hydrogen-bond donors (Lipinski definition) is 1. The molecule has 0 aromatic heterocycles. The molecule has 0 saturated carbocycles. The predicted octanol–water partition coefficient (Wildman–Crippen LogP) is 1.73. The van der Waals surface area contributed by atoms with E-state index in [0.29, 0.717) is 12.8 Å². The standard InChI is InChI=1S/C14H28N2O5S/c1-10(12(17)16(6)22(7,19)20)8-9-11(2)15-13(18)21-14(3,4)5/h10-11H,8-9H2,1-7H3,(H,15,18). The van der Waals surface area contributed by atoms with Gasteiger partial charge in [0.1, 0.15) is 5.60 Å². The summed E-state index contributed by atoms with van der Waals surface area (Å²) in [5.74, 6) is -0.894. The Balaban J connectivity index is 4.33. The highest BCUT2D eigenvalue weighted by Crippen LogP contribution is 2.13. The van der Waals surface area contributed by atoms with Gasteiger partial charge in [-0.3, -0.25) is 4.79 Å². The van der Waals surface area contributed by atoms with Crippen LogP contribution in [-0.2, 0) is 19.6 Å². The fourth-order valence-electron chi connectivity index (χ4n) is 1.68. The molecule has 0 rings (SSSR count). The Hall–Kier alpha value is -1.31. The van der Waals surface area contributed by atoms with Gasteiger partial charge < -0.3 is 10.1 Å². The molecule has 0 fully saturated rings. The van der Waals surface area contributed by atoms with Crippen molar-refractivity contribution in [3.8, 4) is 0 Å². The number of alkyl carbamates (subject to hydrolysis) is 1. The van der Waals surface area contributed by atoms with Crippen LogP contribution in [0.15, 0.2) is 0 Å². The molecule has 0 radical (unpaired) electrons. The lowest BCUT2D eigenvalue weighted by Crippen LogP contribution is -2.39. The van der Waals surface area contributed by atoms with E-state index in [1.165, 1.54) is 7.05 Å². The Labute approximate surface area is 133 Å². The molecule has 22 heavy (non-hydrogen) atoms. The van der Waals surface area contributed by atoms with E-state index < -0.39 is 33.5 Å². The van der Waals surface area contributed by atoms with Crippen molar-refractivity contribution >= 4 is 22.0 Å². The number of ether oxygens (including phenoxy) is 1. The molecular formula is C14H28N2O5S. The topological polar surface area (TPSA) is 92.8 Å². The van der Waals surface area contributed by atoms with Crippen molar-refractivity contribution in [2.75, 3.05) is 13.3 Å². The fourth-order valence-corrected chi connectivity index (χ4v) is 2.18. The third-order valence-electron chi connectivity index (χ3n) is 3.03. The molecule has 2 atom stereocenters. The average Bonchev–Trinajstić information content (AvgIpc) is 2.30. The quantitative estimate of drug-likeness (QED) is 0.797. The van der Waals surface area contributed by atoms with E-state index in [1.807, 2.05) is 0 Å². The lowest BCUT2D eigenvalue weighted by Gasteiger charge is -2.23. The second-order valence-electron chi connectivity index (χ2n) is 6.59. The second-order valence-corrected chi connectivity index (χ2v) is 8.61. The zero-order valence-electron chi connectivity index (χ0n) is 14.5. The van der Waals surface area contributed by atoms with E-state index in [0.717, 1.165) is 10.6 Å². The van der Waals surface area contributed by atoms with Gasteiger partial charge in [-0.05, 0) is 40.5 Å². The summed E-state index contributed by atoms with van der Waals surface area (Å²) in [6.07, 6.45) is 1.50. The fraction of sp³-hybridized carbons (Fsp3) is 0.857. The molecule has 0 bridgehead atoms. The Morgan fingerprint density at radius 1 is 1.18 bits per heavy atom. The Bertz CT molecular complexity index is 496. The smallest absolute Gasteiger partial charge is 0.407 e. The third kappa shape index (κ3) is 8.21. The Kier molecular flexibility index (Phi) is 7.34. The molecule has 130 valence electrons. The molecule has 0 aromatic rings. The normalized spacial score (nSPS) is 14.9. The molecule has 2 unspecified atom stereocenters. The van der Waals surface area contributed by atoms with Gasteiger partial charge in [-0.1, -0.05) is 6.92 Å². The lowest BCUT2D eigenvalue weighted by molar-refractivity contribution is -0.129. The highest BCUT2D eigenvalue weighted by molar-refractivity contribution is 7.88. The molecule has 0 aliphatic carbocycles. The number of nitrogens with zero attached hydrogens (tertiary/aromatic N) is 1. The van der Waals surface area contributed by atoms with Gasteiger partial charge in [-0.2, -0.15) is 0 Å². The minimum absolute atomic E-state index is 0.173. The van der Waals surface area contributed by atoms with E-state index in [9.17, 15) is 18.0 Å². The summed E-state index contributed by atoms with van der Waals surface area (Å²) in [6, 6.07) is -0.173. The summed E-state index contributed by atoms with van der Waals surface area (Å²) in [7, 11) is -2.28. The van der Waals surface area contributed by atoms with Crippen molar-refractivity contribution in [1.82, 2.24) is 9.62 Å². The number of nitrogens with one attached hydrogen (secondary N) is 1. The minimum atomic E-state index is -3.53. The molecule has 0 aromatic carbocycles. The molecule has 0 aliphatic rings. The highest BCUT2D eigenvalue weighted by Gasteiger charge is 2.24. The third-order valence-corrected chi connectivity index (χ3v) is 4.20. The van der Waals surface area contributed by atoms with Crippen molar-refractivity contribution < 1.29 is 22.7 Å². The SMILES string of the molecule is CC(CCC(C)C(=O)N(C)S(C)(=O)=O)NC(=O)OC(C)(C)C. The van der Waals surface area contributed by atoms with Crippen LogP contribution in [0, 0.1) is 5.92 Å². The van der Waals surface area contributed by atoms with Crippen LogP contribution in [0.25, 0.3) is 0 Å². The van der Waals surface area contributed by atoms with Crippen LogP contribution in [0.2, 0.25) is 0 Å². The largest absolute Gasteiger partial charge is 0.444 e. The molecule has 7 nitrogen and oxygen atoms in total. The number of hydrogen-bond acceptors (Lipinski definition) is 5. The zero-order chi connectivity index (χ0) is 17.7. The maximum atomic E-state index is 11.9. The second kappa shape index (κ2) is 7.80. The van der Waals surface area contributed by atoms with Crippen LogP contribution in [0.1, 0.15) is 47.5 Å². The van der Waals surface area contributed by atoms with Gasteiger partial charge in [0.2, 0.25) is 15.9 Å². The van der Waals surface area contributed by atoms with Gasteiger partial charge in [0.05, 0.1) is 6.26 Å². The van der Waals surface area contributed by atoms with Crippen LogP contribution in [0.3, 0.4) is 0 Å². The van der Waals surface area contributed by atoms with Crippen LogP contribution in [-0.4, -0.2) is 49.7 Å². The van der Waals surface area contributed by atoms with Gasteiger partial charge in [0.15, 0.2) is 0 Å². The molecule has 0 aliphatic heterocycles. The molecule has 0 spiro atoms. The predicted molar refractivity (Wildman–Crippen MR) is 84.8 cm³/mol. The van der Waals surface area contributed by atoms with E-state index in [1.54, 1.807) is 34.6 Å². The van der Waals surface area contributed by atoms with Gasteiger partial charge in [-0.25, -0.2) is 17.5 Å². The summed E-state index contributed by atoms with van der Waals surface area (Å²) >= 11 is 0. The summed E-state index contributed by atoms with van der Waals surface area (Å²) in [5, 5.41) is 2.69. The van der Waals surface area contributed by atoms with Gasteiger partial charge in [0, 0.05) is 19.0 Å². The maximum absolute atomic E-state index is 11.9. The first-order chi connectivity index (χ1) is 9.74. The van der Waals surface area contributed by atoms with E-state index in [4.69, 9.17) is 4.74 Å². The van der Waals surface area contributed by atoms with Crippen molar-refractivity contribution in [3.05, 3.63) is 0 Å². The van der Waals surface area contributed by atoms with Crippen molar-refractivity contribution in [1.29, 1.82) is 0 Å². The Morgan fingerprint density at radius 3 is 2.09 bits per heavy atom. The van der Waals surface area contributed by atoms with Crippen molar-refractivity contribution in [2.24, 2.45) is 5.92 Å². The monoisotopic (exact) mass is 336 g/mol. The number of carbonyl (C=O) groups excluding carboxylic acids is 2. The first-order valence-corrected chi connectivity index (χ1v) is 9.06. The van der Waals surface area contributed by atoms with Gasteiger partial charge >= 0.3 is 6.09 Å². The molecular weight excluding hydrogens is 308 g/mol. The summed E-state index contributed by atoms with van der Waals surface area (Å²) in [4.78, 5) is 23.5. The van der Waals surface area contributed by atoms with E-state index in [-0.39, 0.29) is 6.04 Å². The first kappa shape index (κ1) is 20.7. The van der Waals surface area contributed by atoms with Crippen LogP contribution in [0.5, 0.6) is 0 Å². The summed E-state index contributed by atoms with van der Waals surface area (Å²) in [6.45, 7) is 8.81. The van der Waals surface area contributed by atoms with Crippen LogP contribution in [0.4, 0.5) is 4.79 Å². The lowest BCUT2D eigenvalue weighted by atomic mass is 10.0. The van der Waals surface area contributed by atoms with Gasteiger partial charge in [0.25, 0.3) is 0 Å². The van der Waals surface area contributed by atoms with Crippen LogP contribution >= 0.6 is 0 Å². The Morgan fingerprint density at radius 2 is 1.68 bits per heavy atom. The van der Waals surface area contributed by atoms with Crippen LogP contribution < -0.4 is 5.32 Å². The minimum Gasteiger partial charge on any atom is -0.444 e. The molecule has 1 N–H and O–H groups in total. The van der Waals surface area contributed by atoms with Gasteiger partial charge in [-0.15, -0.1) is 0 Å². The maximum Gasteiger partial charge on any atom is 0.407 e.